The maximum absolute atomic E-state index is 11.0. The van der Waals surface area contributed by atoms with Crippen molar-refractivity contribution in [3.8, 4) is 0 Å². The van der Waals surface area contributed by atoms with E-state index in [1.54, 1.807) is 6.33 Å². The number of aromatic amines is 2. The van der Waals surface area contributed by atoms with Gasteiger partial charge in [0, 0.05) is 6.92 Å². The highest BCUT2D eigenvalue weighted by Crippen LogP contribution is 2.10. The molecule has 2 rings (SSSR count). The highest BCUT2D eigenvalue weighted by Gasteiger charge is 2.15. The van der Waals surface area contributed by atoms with Gasteiger partial charge < -0.3 is 5.73 Å². The van der Waals surface area contributed by atoms with Gasteiger partial charge in [-0.05, 0) is 0 Å². The van der Waals surface area contributed by atoms with E-state index in [1.807, 2.05) is 0 Å². The highest BCUT2D eigenvalue weighted by atomic mass is 16.1. The lowest BCUT2D eigenvalue weighted by molar-refractivity contribution is -0.347. The van der Waals surface area contributed by atoms with Crippen LogP contribution in [-0.2, 0) is 0 Å². The minimum atomic E-state index is -0.205. The number of nitrogens with two attached hydrogens (primary N) is 1. The Kier molecular flexibility index (Phi) is 1.48. The van der Waals surface area contributed by atoms with E-state index in [-0.39, 0.29) is 17.4 Å². The van der Waals surface area contributed by atoms with E-state index in [0.29, 0.717) is 11.2 Å². The van der Waals surface area contributed by atoms with Crippen molar-refractivity contribution in [2.24, 2.45) is 0 Å². The van der Waals surface area contributed by atoms with Crippen molar-refractivity contribution in [2.75, 3.05) is 5.73 Å². The summed E-state index contributed by atoms with van der Waals surface area (Å²) in [7, 11) is 0. The second kappa shape index (κ2) is 2.51. The summed E-state index contributed by atoms with van der Waals surface area (Å²) in [6.07, 6.45) is 1.58. The van der Waals surface area contributed by atoms with E-state index in [2.05, 4.69) is 19.9 Å². The third kappa shape index (κ3) is 1.12. The number of hydrogen-bond acceptors (Lipinski definition) is 4. The zero-order valence-electron chi connectivity index (χ0n) is 6.96. The summed E-state index contributed by atoms with van der Waals surface area (Å²) >= 11 is 0. The molecule has 0 radical (unpaired) electrons. The molecular formula is C7H8N5O+. The molecule has 0 amide bonds. The second-order valence-corrected chi connectivity index (χ2v) is 2.65. The molecule has 13 heavy (non-hydrogen) atoms. The van der Waals surface area contributed by atoms with Gasteiger partial charge in [0.25, 0.3) is 5.82 Å². The molecule has 6 heteroatoms. The van der Waals surface area contributed by atoms with Gasteiger partial charge in [-0.2, -0.15) is 4.98 Å². The van der Waals surface area contributed by atoms with Crippen LogP contribution in [0.2, 0.25) is 0 Å². The SMILES string of the molecule is CC(=O)c1nc(N)c2[nH]c[nH+]c2n1. The fourth-order valence-electron chi connectivity index (χ4n) is 1.06. The van der Waals surface area contributed by atoms with E-state index < -0.39 is 0 Å². The van der Waals surface area contributed by atoms with Crippen LogP contribution in [-0.4, -0.2) is 20.7 Å². The number of carbonyl (C=O) groups excluding carboxylic acids is 1. The van der Waals surface area contributed by atoms with E-state index in [9.17, 15) is 4.79 Å². The van der Waals surface area contributed by atoms with Crippen LogP contribution in [0.1, 0.15) is 17.5 Å². The molecule has 0 saturated carbocycles. The van der Waals surface area contributed by atoms with E-state index in [1.165, 1.54) is 6.92 Å². The zero-order valence-corrected chi connectivity index (χ0v) is 6.96. The Bertz CT molecular complexity index is 475. The van der Waals surface area contributed by atoms with Crippen molar-refractivity contribution in [1.82, 2.24) is 15.0 Å². The Morgan fingerprint density at radius 1 is 1.62 bits per heavy atom. The second-order valence-electron chi connectivity index (χ2n) is 2.65. The molecule has 2 heterocycles. The Balaban J connectivity index is 2.77. The zero-order chi connectivity index (χ0) is 9.42. The molecule has 0 spiro atoms. The number of imidazole rings is 1. The summed E-state index contributed by atoms with van der Waals surface area (Å²) in [4.78, 5) is 24.4. The summed E-state index contributed by atoms with van der Waals surface area (Å²) in [5, 5.41) is 0. The van der Waals surface area contributed by atoms with Crippen molar-refractivity contribution >= 4 is 22.8 Å². The van der Waals surface area contributed by atoms with Gasteiger partial charge in [-0.3, -0.25) is 9.78 Å². The van der Waals surface area contributed by atoms with E-state index >= 15 is 0 Å². The highest BCUT2D eigenvalue weighted by molar-refractivity contribution is 5.93. The van der Waals surface area contributed by atoms with E-state index in [0.717, 1.165) is 0 Å². The molecule has 0 atom stereocenters. The minimum absolute atomic E-state index is 0.126. The molecule has 0 aliphatic heterocycles. The number of nitrogens with one attached hydrogen (secondary N) is 2. The first kappa shape index (κ1) is 7.66. The van der Waals surface area contributed by atoms with Crippen LogP contribution in [0.25, 0.3) is 11.2 Å². The molecule has 0 aliphatic rings. The topological polar surface area (TPSA) is 98.8 Å². The molecule has 66 valence electrons. The number of nitrogen functional groups attached to an aromatic ring is 1. The fraction of sp³-hybridized carbons (Fsp3) is 0.143. The largest absolute Gasteiger partial charge is 0.380 e. The molecule has 0 unspecified atom stereocenters. The van der Waals surface area contributed by atoms with Crippen molar-refractivity contribution in [2.45, 2.75) is 6.92 Å². The summed E-state index contributed by atoms with van der Waals surface area (Å²) in [5.74, 6) is 0.195. The summed E-state index contributed by atoms with van der Waals surface area (Å²) in [6, 6.07) is 0. The quantitative estimate of drug-likeness (QED) is 0.578. The fourth-order valence-corrected chi connectivity index (χ4v) is 1.06. The average molecular weight is 178 g/mol. The molecule has 0 fully saturated rings. The lowest BCUT2D eigenvalue weighted by Gasteiger charge is -1.91. The molecule has 0 aromatic carbocycles. The van der Waals surface area contributed by atoms with Gasteiger partial charge in [-0.25, -0.2) is 4.98 Å². The Morgan fingerprint density at radius 3 is 3.08 bits per heavy atom. The summed E-state index contributed by atoms with van der Waals surface area (Å²) < 4.78 is 0. The minimum Gasteiger partial charge on any atom is -0.380 e. The first-order valence-corrected chi connectivity index (χ1v) is 3.71. The number of Topliss-reactive ketones (excluding diaryl/α,β-unsaturated/α-hetero) is 1. The van der Waals surface area contributed by atoms with Crippen molar-refractivity contribution in [3.63, 3.8) is 0 Å². The maximum atomic E-state index is 11.0. The number of anilines is 1. The number of hydrogen-bond donors (Lipinski definition) is 2. The van der Waals surface area contributed by atoms with Gasteiger partial charge in [0.2, 0.25) is 11.3 Å². The van der Waals surface area contributed by atoms with Crippen LogP contribution < -0.4 is 10.7 Å². The lowest BCUT2D eigenvalue weighted by Crippen LogP contribution is -2.08. The molecule has 0 saturated heterocycles. The summed E-state index contributed by atoms with van der Waals surface area (Å²) in [6.45, 7) is 1.40. The first-order chi connectivity index (χ1) is 6.18. The van der Waals surface area contributed by atoms with Crippen LogP contribution >= 0.6 is 0 Å². The van der Waals surface area contributed by atoms with Gasteiger partial charge in [-0.1, -0.05) is 4.98 Å². The van der Waals surface area contributed by atoms with Crippen LogP contribution in [0, 0.1) is 0 Å². The van der Waals surface area contributed by atoms with Crippen LogP contribution in [0.4, 0.5) is 5.82 Å². The van der Waals surface area contributed by atoms with Crippen molar-refractivity contribution in [3.05, 3.63) is 12.2 Å². The Labute approximate surface area is 73.2 Å². The van der Waals surface area contributed by atoms with Crippen LogP contribution in [0.15, 0.2) is 6.33 Å². The van der Waals surface area contributed by atoms with Crippen molar-refractivity contribution < 1.29 is 9.78 Å². The third-order valence-corrected chi connectivity index (χ3v) is 1.68. The van der Waals surface area contributed by atoms with Gasteiger partial charge >= 0.3 is 5.65 Å². The predicted octanol–water partition coefficient (Wildman–Crippen LogP) is -0.443. The van der Waals surface area contributed by atoms with E-state index in [4.69, 9.17) is 5.73 Å². The number of nitrogens with zero attached hydrogens (tertiary/aromatic N) is 2. The number of carbonyl (C=O) groups is 1. The molecule has 2 aromatic heterocycles. The van der Waals surface area contributed by atoms with Crippen LogP contribution in [0.5, 0.6) is 0 Å². The molecule has 0 bridgehead atoms. The van der Waals surface area contributed by atoms with Gasteiger partial charge in [0.15, 0.2) is 12.1 Å². The lowest BCUT2D eigenvalue weighted by atomic mass is 10.4. The number of fused-ring (bicyclic) bond motifs is 1. The van der Waals surface area contributed by atoms with Gasteiger partial charge in [-0.15, -0.1) is 0 Å². The van der Waals surface area contributed by atoms with Gasteiger partial charge in [0.1, 0.15) is 0 Å². The molecule has 0 aliphatic carbocycles. The molecule has 4 N–H and O–H groups in total. The van der Waals surface area contributed by atoms with Crippen molar-refractivity contribution in [1.29, 1.82) is 0 Å². The predicted molar refractivity (Wildman–Crippen MR) is 44.9 cm³/mol. The van der Waals surface area contributed by atoms with Crippen LogP contribution in [0.3, 0.4) is 0 Å². The molecular weight excluding hydrogens is 170 g/mol. The number of H-pyrrole nitrogens is 2. The van der Waals surface area contributed by atoms with Gasteiger partial charge in [0.05, 0.1) is 0 Å². The molecule has 2 aromatic rings. The monoisotopic (exact) mass is 178 g/mol. The smallest absolute Gasteiger partial charge is 0.305 e. The third-order valence-electron chi connectivity index (χ3n) is 1.68. The maximum Gasteiger partial charge on any atom is 0.305 e. The number of ketones is 1. The normalized spacial score (nSPS) is 10.5. The first-order valence-electron chi connectivity index (χ1n) is 3.71. The Hall–Kier alpha value is -1.98. The summed E-state index contributed by atoms with van der Waals surface area (Å²) in [5.41, 5.74) is 6.74. The Morgan fingerprint density at radius 2 is 2.38 bits per heavy atom. The number of rotatable bonds is 1. The molecule has 6 nitrogen and oxygen atoms in total. The average Bonchev–Trinajstić information content (AvgIpc) is 2.51. The number of aromatic nitrogens is 4. The standard InChI is InChI=1S/C7H7N5O/c1-3(13)6-11-5(8)4-7(12-6)10-2-9-4/h2H,1H3,(H3,8,9,10,11,12)/p+1.